The van der Waals surface area contributed by atoms with Gasteiger partial charge >= 0.3 is 0 Å². The molecule has 4 rings (SSSR count). The Morgan fingerprint density at radius 1 is 1.11 bits per heavy atom. The third-order valence-corrected chi connectivity index (χ3v) is 6.28. The van der Waals surface area contributed by atoms with Gasteiger partial charge in [0.15, 0.2) is 5.82 Å². The molecular formula is C27H23N5O3S. The first-order valence-electron chi connectivity index (χ1n) is 11.1. The second-order valence-corrected chi connectivity index (χ2v) is 8.99. The van der Waals surface area contributed by atoms with E-state index in [1.165, 1.54) is 11.3 Å². The van der Waals surface area contributed by atoms with Crippen molar-refractivity contribution in [3.8, 4) is 34.2 Å². The van der Waals surface area contributed by atoms with Crippen molar-refractivity contribution in [2.45, 2.75) is 19.5 Å². The first kappa shape index (κ1) is 24.6. The molecule has 180 valence electrons. The minimum atomic E-state index is -0.630. The first-order valence-corrected chi connectivity index (χ1v) is 12.0. The van der Waals surface area contributed by atoms with Crippen LogP contribution in [0.1, 0.15) is 27.7 Å². The molecule has 0 fully saturated rings. The Kier molecular flexibility index (Phi) is 7.39. The van der Waals surface area contributed by atoms with Crippen molar-refractivity contribution < 1.29 is 14.7 Å². The molecule has 5 N–H and O–H groups in total. The fourth-order valence-electron chi connectivity index (χ4n) is 3.58. The maximum Gasteiger partial charge on any atom is 0.266 e. The number of phenolic OH excluding ortho intramolecular Hbond substituents is 1. The summed E-state index contributed by atoms with van der Waals surface area (Å²) in [5.74, 6) is -0.560. The van der Waals surface area contributed by atoms with E-state index in [4.69, 9.17) is 5.73 Å². The average molecular weight is 498 g/mol. The van der Waals surface area contributed by atoms with Crippen LogP contribution in [0.5, 0.6) is 5.75 Å². The van der Waals surface area contributed by atoms with E-state index < -0.39 is 6.04 Å². The van der Waals surface area contributed by atoms with Crippen molar-refractivity contribution in [3.05, 3.63) is 88.1 Å². The molecule has 2 amide bonds. The van der Waals surface area contributed by atoms with Gasteiger partial charge in [-0.25, -0.2) is 4.98 Å². The second-order valence-electron chi connectivity index (χ2n) is 8.05. The Bertz CT molecular complexity index is 1460. The van der Waals surface area contributed by atoms with Crippen LogP contribution in [-0.2, 0) is 11.3 Å². The smallest absolute Gasteiger partial charge is 0.266 e. The third-order valence-electron chi connectivity index (χ3n) is 5.41. The molecule has 0 bridgehead atoms. The minimum Gasteiger partial charge on any atom is -0.507 e. The standard InChI is InChI=1S/C27H23N5O3S/c1-16(29)26(34)30-15-17-6-4-7-18(12-17)20-13-22(19-8-2-3-9-23(19)33)31-25(21(20)14-28)32-27(35)24-10-5-11-36-24/h2-13,16,33H,15,29H2,1H3,(H,30,34)(H,31,32,35). The number of aromatic hydroxyl groups is 1. The molecular weight excluding hydrogens is 474 g/mol. The van der Waals surface area contributed by atoms with Crippen molar-refractivity contribution in [1.29, 1.82) is 5.26 Å². The highest BCUT2D eigenvalue weighted by atomic mass is 32.1. The number of pyridine rings is 1. The van der Waals surface area contributed by atoms with Crippen LogP contribution in [0, 0.1) is 11.3 Å². The van der Waals surface area contributed by atoms with Crippen LogP contribution in [0.15, 0.2) is 72.1 Å². The Balaban J connectivity index is 1.81. The van der Waals surface area contributed by atoms with Gasteiger partial charge in [0.1, 0.15) is 17.4 Å². The number of carbonyl (C=O) groups excluding carboxylic acids is 2. The summed E-state index contributed by atoms with van der Waals surface area (Å²) in [6.45, 7) is 1.87. The van der Waals surface area contributed by atoms with Crippen LogP contribution in [-0.4, -0.2) is 27.9 Å². The van der Waals surface area contributed by atoms with Crippen molar-refractivity contribution in [2.24, 2.45) is 5.73 Å². The number of rotatable bonds is 7. The summed E-state index contributed by atoms with van der Waals surface area (Å²) in [7, 11) is 0. The summed E-state index contributed by atoms with van der Waals surface area (Å²) in [6, 6.07) is 20.7. The van der Waals surface area contributed by atoms with Crippen molar-refractivity contribution in [3.63, 3.8) is 0 Å². The molecule has 8 nitrogen and oxygen atoms in total. The second kappa shape index (κ2) is 10.8. The molecule has 0 spiro atoms. The SMILES string of the molecule is CC(N)C(=O)NCc1cccc(-c2cc(-c3ccccc3O)nc(NC(=O)c3cccs3)c2C#N)c1. The first-order chi connectivity index (χ1) is 17.4. The maximum absolute atomic E-state index is 12.8. The van der Waals surface area contributed by atoms with Gasteiger partial charge in [0.05, 0.1) is 16.6 Å². The van der Waals surface area contributed by atoms with Crippen molar-refractivity contribution in [1.82, 2.24) is 10.3 Å². The molecule has 36 heavy (non-hydrogen) atoms. The Morgan fingerprint density at radius 3 is 2.61 bits per heavy atom. The molecule has 0 saturated heterocycles. The molecule has 0 radical (unpaired) electrons. The number of nitriles is 1. The van der Waals surface area contributed by atoms with E-state index >= 15 is 0 Å². The van der Waals surface area contributed by atoms with Gasteiger partial charge in [-0.15, -0.1) is 11.3 Å². The van der Waals surface area contributed by atoms with Crippen LogP contribution < -0.4 is 16.4 Å². The molecule has 1 unspecified atom stereocenters. The maximum atomic E-state index is 12.8. The number of benzene rings is 2. The quantitative estimate of drug-likeness (QED) is 0.300. The minimum absolute atomic E-state index is 0.0172. The summed E-state index contributed by atoms with van der Waals surface area (Å²) in [4.78, 5) is 29.7. The summed E-state index contributed by atoms with van der Waals surface area (Å²) in [6.07, 6.45) is 0. The van der Waals surface area contributed by atoms with E-state index in [0.29, 0.717) is 27.3 Å². The van der Waals surface area contributed by atoms with Crippen LogP contribution in [0.3, 0.4) is 0 Å². The molecule has 1 atom stereocenters. The van der Waals surface area contributed by atoms with Gasteiger partial charge in [0.25, 0.3) is 5.91 Å². The molecule has 0 saturated carbocycles. The van der Waals surface area contributed by atoms with Crippen LogP contribution in [0.25, 0.3) is 22.4 Å². The zero-order valence-corrected chi connectivity index (χ0v) is 20.2. The largest absolute Gasteiger partial charge is 0.507 e. The predicted molar refractivity (Wildman–Crippen MR) is 139 cm³/mol. The van der Waals surface area contributed by atoms with E-state index in [1.807, 2.05) is 24.3 Å². The normalized spacial score (nSPS) is 11.4. The molecule has 0 aliphatic heterocycles. The molecule has 0 aliphatic carbocycles. The van der Waals surface area contributed by atoms with E-state index in [0.717, 1.165) is 5.56 Å². The highest BCUT2D eigenvalue weighted by Gasteiger charge is 2.19. The van der Waals surface area contributed by atoms with Gasteiger partial charge in [0, 0.05) is 17.7 Å². The highest BCUT2D eigenvalue weighted by molar-refractivity contribution is 7.12. The number of aromatic nitrogens is 1. The highest BCUT2D eigenvalue weighted by Crippen LogP contribution is 2.35. The van der Waals surface area contributed by atoms with Crippen molar-refractivity contribution in [2.75, 3.05) is 5.32 Å². The van der Waals surface area contributed by atoms with Gasteiger partial charge in [-0.1, -0.05) is 36.4 Å². The summed E-state index contributed by atoms with van der Waals surface area (Å²) >= 11 is 1.27. The molecule has 2 aromatic heterocycles. The zero-order valence-electron chi connectivity index (χ0n) is 19.4. The molecule has 9 heteroatoms. The molecule has 2 aromatic carbocycles. The summed E-state index contributed by atoms with van der Waals surface area (Å²) in [5.41, 5.74) is 8.65. The van der Waals surface area contributed by atoms with Crippen LogP contribution in [0.2, 0.25) is 0 Å². The Morgan fingerprint density at radius 2 is 1.92 bits per heavy atom. The monoisotopic (exact) mass is 497 g/mol. The fraction of sp³-hybridized carbons (Fsp3) is 0.111. The number of nitrogens with zero attached hydrogens (tertiary/aromatic N) is 2. The number of carbonyl (C=O) groups is 2. The Hall–Kier alpha value is -4.52. The van der Waals surface area contributed by atoms with Gasteiger partial charge < -0.3 is 21.5 Å². The lowest BCUT2D eigenvalue weighted by Crippen LogP contribution is -2.37. The lowest BCUT2D eigenvalue weighted by atomic mass is 9.96. The number of phenols is 1. The lowest BCUT2D eigenvalue weighted by molar-refractivity contribution is -0.122. The average Bonchev–Trinajstić information content (AvgIpc) is 3.42. The number of thiophene rings is 1. The fourth-order valence-corrected chi connectivity index (χ4v) is 4.20. The third kappa shape index (κ3) is 5.41. The predicted octanol–water partition coefficient (Wildman–Crippen LogP) is 4.27. The van der Waals surface area contributed by atoms with Gasteiger partial charge in [-0.2, -0.15) is 5.26 Å². The van der Waals surface area contributed by atoms with Crippen LogP contribution in [0.4, 0.5) is 5.82 Å². The van der Waals surface area contributed by atoms with Crippen molar-refractivity contribution >= 4 is 29.0 Å². The van der Waals surface area contributed by atoms with E-state index in [2.05, 4.69) is 21.7 Å². The number of nitrogens with two attached hydrogens (primary N) is 1. The number of anilines is 1. The summed E-state index contributed by atoms with van der Waals surface area (Å²) in [5, 5.41) is 27.8. The lowest BCUT2D eigenvalue weighted by Gasteiger charge is -2.15. The number of para-hydroxylation sites is 1. The number of amides is 2. The van der Waals surface area contributed by atoms with E-state index in [1.54, 1.807) is 54.8 Å². The van der Waals surface area contributed by atoms with Gasteiger partial charge in [-0.3, -0.25) is 9.59 Å². The topological polar surface area (TPSA) is 141 Å². The number of nitrogens with one attached hydrogen (secondary N) is 2. The van der Waals surface area contributed by atoms with Gasteiger partial charge in [-0.05, 0) is 53.8 Å². The van der Waals surface area contributed by atoms with E-state index in [-0.39, 0.29) is 35.5 Å². The van der Waals surface area contributed by atoms with Gasteiger partial charge in [0.2, 0.25) is 5.91 Å². The zero-order chi connectivity index (χ0) is 25.7. The number of hydrogen-bond acceptors (Lipinski definition) is 7. The van der Waals surface area contributed by atoms with Crippen LogP contribution >= 0.6 is 11.3 Å². The molecule has 0 aliphatic rings. The Labute approximate surface area is 212 Å². The molecule has 4 aromatic rings. The summed E-state index contributed by atoms with van der Waals surface area (Å²) < 4.78 is 0. The molecule has 2 heterocycles. The van der Waals surface area contributed by atoms with E-state index in [9.17, 15) is 20.0 Å². The number of hydrogen-bond donors (Lipinski definition) is 4.